The van der Waals surface area contributed by atoms with Crippen molar-refractivity contribution in [2.45, 2.75) is 39.3 Å². The quantitative estimate of drug-likeness (QED) is 0.554. The molecule has 0 aliphatic heterocycles. The van der Waals surface area contributed by atoms with E-state index < -0.39 is 11.7 Å². The van der Waals surface area contributed by atoms with Crippen molar-refractivity contribution in [2.75, 3.05) is 0 Å². The van der Waals surface area contributed by atoms with E-state index in [9.17, 15) is 4.79 Å². The van der Waals surface area contributed by atoms with Crippen LogP contribution in [0.25, 0.3) is 0 Å². The molecule has 1 unspecified atom stereocenters. The summed E-state index contributed by atoms with van der Waals surface area (Å²) in [6.07, 6.45) is -0.476. The number of ether oxygens (including phenoxy) is 1. The number of thiocarbonyl (C=S) groups is 1. The second-order valence-corrected chi connectivity index (χ2v) is 4.93. The zero-order valence-corrected chi connectivity index (χ0v) is 9.96. The van der Waals surface area contributed by atoms with Crippen LogP contribution in [0.4, 0.5) is 4.79 Å². The van der Waals surface area contributed by atoms with E-state index in [1.165, 1.54) is 0 Å². The molecule has 5 heteroatoms. The normalized spacial score (nSPS) is 13.3. The van der Waals surface area contributed by atoms with Crippen LogP contribution in [0.15, 0.2) is 0 Å². The van der Waals surface area contributed by atoms with Gasteiger partial charge in [0.2, 0.25) is 0 Å². The number of hydrogen-bond donors (Lipinski definition) is 2. The van der Waals surface area contributed by atoms with Gasteiger partial charge in [-0.05, 0) is 27.7 Å². The molecular weight excluding hydrogens is 206 g/mol. The molecule has 0 aliphatic rings. The summed E-state index contributed by atoms with van der Waals surface area (Å²) < 4.78 is 5.45. The van der Waals surface area contributed by atoms with Gasteiger partial charge in [-0.15, -0.1) is 12.6 Å². The third-order valence-electron chi connectivity index (χ3n) is 1.10. The molecule has 1 amide bonds. The summed E-state index contributed by atoms with van der Waals surface area (Å²) >= 11 is 8.71. The van der Waals surface area contributed by atoms with Gasteiger partial charge in [-0.3, -0.25) is 0 Å². The Balaban J connectivity index is 3.96. The molecule has 0 heterocycles. The largest absolute Gasteiger partial charge is 0.444 e. The summed E-state index contributed by atoms with van der Waals surface area (Å²) in [4.78, 5) is 11.1. The molecule has 0 rings (SSSR count). The van der Waals surface area contributed by atoms with Gasteiger partial charge in [0.05, 0.1) is 10.2 Å². The fourth-order valence-corrected chi connectivity index (χ4v) is 0.670. The highest BCUT2D eigenvalue weighted by Crippen LogP contribution is 2.07. The van der Waals surface area contributed by atoms with E-state index in [4.69, 9.17) is 17.0 Å². The second-order valence-electron chi connectivity index (χ2n) is 3.71. The van der Waals surface area contributed by atoms with Crippen LogP contribution in [0.3, 0.4) is 0 Å². The Morgan fingerprint density at radius 1 is 1.54 bits per heavy atom. The van der Waals surface area contributed by atoms with Crippen LogP contribution >= 0.6 is 24.8 Å². The van der Waals surface area contributed by atoms with Gasteiger partial charge in [0.25, 0.3) is 0 Å². The number of alkyl carbamates (subject to hydrolysis) is 1. The number of nitrogens with one attached hydrogen (secondary N) is 1. The molecule has 0 radical (unpaired) electrons. The van der Waals surface area contributed by atoms with Crippen molar-refractivity contribution in [3.63, 3.8) is 0 Å². The minimum Gasteiger partial charge on any atom is -0.444 e. The molecule has 13 heavy (non-hydrogen) atoms. The van der Waals surface area contributed by atoms with E-state index in [1.54, 1.807) is 27.7 Å². The average molecular weight is 221 g/mol. The van der Waals surface area contributed by atoms with Crippen LogP contribution in [0.5, 0.6) is 0 Å². The lowest BCUT2D eigenvalue weighted by Crippen LogP contribution is -2.39. The lowest BCUT2D eigenvalue weighted by Gasteiger charge is -2.21. The zero-order valence-electron chi connectivity index (χ0n) is 8.25. The van der Waals surface area contributed by atoms with Crippen LogP contribution in [0, 0.1) is 0 Å². The fraction of sp³-hybridized carbons (Fsp3) is 0.750. The van der Waals surface area contributed by atoms with Gasteiger partial charge in [0.1, 0.15) is 5.60 Å². The molecule has 0 saturated heterocycles. The maximum absolute atomic E-state index is 11.1. The monoisotopic (exact) mass is 221 g/mol. The summed E-state index contributed by atoms with van der Waals surface area (Å²) in [5.41, 5.74) is -0.484. The predicted molar refractivity (Wildman–Crippen MR) is 60.4 cm³/mol. The summed E-state index contributed by atoms with van der Waals surface area (Å²) in [6.45, 7) is 7.15. The van der Waals surface area contributed by atoms with Gasteiger partial charge < -0.3 is 10.1 Å². The minimum atomic E-state index is -0.484. The number of thiol groups is 1. The minimum absolute atomic E-state index is 0.256. The van der Waals surface area contributed by atoms with Crippen molar-refractivity contribution < 1.29 is 9.53 Å². The van der Waals surface area contributed by atoms with Crippen molar-refractivity contribution in [1.82, 2.24) is 5.32 Å². The summed E-state index contributed by atoms with van der Waals surface area (Å²) in [5.74, 6) is 0. The molecule has 0 spiro atoms. The second kappa shape index (κ2) is 4.81. The third-order valence-corrected chi connectivity index (χ3v) is 1.84. The maximum atomic E-state index is 11.1. The van der Waals surface area contributed by atoms with Crippen LogP contribution < -0.4 is 5.32 Å². The van der Waals surface area contributed by atoms with Crippen molar-refractivity contribution in [1.29, 1.82) is 0 Å². The van der Waals surface area contributed by atoms with E-state index in [0.29, 0.717) is 4.20 Å². The van der Waals surface area contributed by atoms with E-state index in [0.717, 1.165) is 0 Å². The van der Waals surface area contributed by atoms with Gasteiger partial charge in [0.15, 0.2) is 0 Å². The highest BCUT2D eigenvalue weighted by molar-refractivity contribution is 8.11. The van der Waals surface area contributed by atoms with Crippen molar-refractivity contribution >= 4 is 35.1 Å². The van der Waals surface area contributed by atoms with E-state index in [1.807, 2.05) is 0 Å². The number of carbonyl (C=O) groups excluding carboxylic acids is 1. The molecule has 3 nitrogen and oxygen atoms in total. The van der Waals surface area contributed by atoms with Crippen LogP contribution in [-0.2, 0) is 4.74 Å². The lowest BCUT2D eigenvalue weighted by atomic mass is 10.2. The maximum Gasteiger partial charge on any atom is 0.408 e. The fourth-order valence-electron chi connectivity index (χ4n) is 0.546. The Hall–Kier alpha value is -0.290. The summed E-state index contributed by atoms with van der Waals surface area (Å²) in [7, 11) is 0. The standard InChI is InChI=1S/C8H15NO2S2/c1-5(6(12)13)9-7(10)11-8(2,3)4/h5H,1-4H3,(H,9,10)(H,12,13). The molecule has 1 atom stereocenters. The Morgan fingerprint density at radius 2 is 2.00 bits per heavy atom. The molecule has 1 N–H and O–H groups in total. The highest BCUT2D eigenvalue weighted by Gasteiger charge is 2.18. The summed E-state index contributed by atoms with van der Waals surface area (Å²) in [6, 6.07) is -0.256. The van der Waals surface area contributed by atoms with E-state index in [-0.39, 0.29) is 6.04 Å². The van der Waals surface area contributed by atoms with Gasteiger partial charge in [-0.2, -0.15) is 0 Å². The van der Waals surface area contributed by atoms with Crippen molar-refractivity contribution in [3.05, 3.63) is 0 Å². The molecule has 0 aliphatic carbocycles. The first-order chi connectivity index (χ1) is 5.72. The van der Waals surface area contributed by atoms with E-state index in [2.05, 4.69) is 17.9 Å². The average Bonchev–Trinajstić information content (AvgIpc) is 1.81. The Kier molecular flexibility index (Phi) is 4.70. The van der Waals surface area contributed by atoms with Gasteiger partial charge in [-0.1, -0.05) is 12.2 Å². The molecule has 0 bridgehead atoms. The van der Waals surface area contributed by atoms with Crippen molar-refractivity contribution in [3.8, 4) is 0 Å². The lowest BCUT2D eigenvalue weighted by molar-refractivity contribution is 0.0522. The zero-order chi connectivity index (χ0) is 10.6. The number of rotatable bonds is 2. The SMILES string of the molecule is CC(NC(=O)OC(C)(C)C)C(=S)S. The van der Waals surface area contributed by atoms with Gasteiger partial charge in [0, 0.05) is 0 Å². The van der Waals surface area contributed by atoms with E-state index >= 15 is 0 Å². The Labute approximate surface area is 89.6 Å². The smallest absolute Gasteiger partial charge is 0.408 e. The molecule has 0 fully saturated rings. The number of amides is 1. The third kappa shape index (κ3) is 6.83. The first-order valence-corrected chi connectivity index (χ1v) is 4.80. The highest BCUT2D eigenvalue weighted by atomic mass is 32.1. The van der Waals surface area contributed by atoms with Crippen LogP contribution in [-0.4, -0.2) is 21.9 Å². The van der Waals surface area contributed by atoms with Crippen molar-refractivity contribution in [2.24, 2.45) is 0 Å². The molecule has 76 valence electrons. The molecule has 0 saturated carbocycles. The Bertz CT molecular complexity index is 211. The number of hydrogen-bond acceptors (Lipinski definition) is 3. The predicted octanol–water partition coefficient (Wildman–Crippen LogP) is 2.16. The molecular formula is C8H15NO2S2. The first kappa shape index (κ1) is 12.7. The Morgan fingerprint density at radius 3 is 2.31 bits per heavy atom. The topological polar surface area (TPSA) is 38.3 Å². The molecule has 0 aromatic rings. The van der Waals surface area contributed by atoms with Crippen LogP contribution in [0.2, 0.25) is 0 Å². The van der Waals surface area contributed by atoms with Crippen LogP contribution in [0.1, 0.15) is 27.7 Å². The number of carbonyl (C=O) groups is 1. The molecule has 0 aromatic carbocycles. The van der Waals surface area contributed by atoms with Gasteiger partial charge >= 0.3 is 6.09 Å². The molecule has 0 aromatic heterocycles. The van der Waals surface area contributed by atoms with Gasteiger partial charge in [-0.25, -0.2) is 4.79 Å². The first-order valence-electron chi connectivity index (χ1n) is 3.94. The summed E-state index contributed by atoms with van der Waals surface area (Å²) in [5, 5.41) is 2.56.